The van der Waals surface area contributed by atoms with Crippen LogP contribution in [0.1, 0.15) is 24.6 Å². The van der Waals surface area contributed by atoms with Gasteiger partial charge < -0.3 is 9.88 Å². The van der Waals surface area contributed by atoms with Crippen molar-refractivity contribution in [3.05, 3.63) is 18.2 Å². The lowest BCUT2D eigenvalue weighted by Crippen LogP contribution is -2.29. The fourth-order valence-corrected chi connectivity index (χ4v) is 4.81. The van der Waals surface area contributed by atoms with Crippen molar-refractivity contribution < 1.29 is 0 Å². The van der Waals surface area contributed by atoms with Crippen LogP contribution in [0.5, 0.6) is 0 Å². The van der Waals surface area contributed by atoms with Crippen molar-refractivity contribution in [2.75, 3.05) is 23.8 Å². The minimum Gasteiger partial charge on any atom is -0.330 e. The van der Waals surface area contributed by atoms with Gasteiger partial charge in [0.2, 0.25) is 0 Å². The minimum absolute atomic E-state index is 0.744. The van der Waals surface area contributed by atoms with E-state index in [1.807, 2.05) is 12.5 Å². The molecule has 0 amide bonds. The van der Waals surface area contributed by atoms with Gasteiger partial charge in [-0.3, -0.25) is 0 Å². The topological polar surface area (TPSA) is 29.9 Å². The summed E-state index contributed by atoms with van der Waals surface area (Å²) in [5.41, 5.74) is 1.35. The lowest BCUT2D eigenvalue weighted by Gasteiger charge is -2.21. The highest BCUT2D eigenvalue weighted by Crippen LogP contribution is 2.35. The number of imidazole rings is 1. The molecule has 1 atom stereocenters. The number of aromatic nitrogens is 2. The van der Waals surface area contributed by atoms with E-state index in [2.05, 4.69) is 38.4 Å². The number of hydrogen-bond acceptors (Lipinski definition) is 4. The van der Waals surface area contributed by atoms with Crippen LogP contribution in [0, 0.1) is 0 Å². The van der Waals surface area contributed by atoms with Gasteiger partial charge in [-0.1, -0.05) is 0 Å². The van der Waals surface area contributed by atoms with Crippen molar-refractivity contribution in [3.63, 3.8) is 0 Å². The number of nitrogens with zero attached hydrogens (tertiary/aromatic N) is 2. The van der Waals surface area contributed by atoms with E-state index < -0.39 is 0 Å². The second kappa shape index (κ2) is 5.67. The Morgan fingerprint density at radius 1 is 1.41 bits per heavy atom. The smallest absolute Gasteiger partial charge is 0.0951 e. The Morgan fingerprint density at radius 3 is 3.12 bits per heavy atom. The zero-order valence-corrected chi connectivity index (χ0v) is 11.6. The summed E-state index contributed by atoms with van der Waals surface area (Å²) in [7, 11) is 0. The maximum atomic E-state index is 4.26. The third kappa shape index (κ3) is 3.20. The first-order valence-corrected chi connectivity index (χ1v) is 8.54. The molecule has 2 heterocycles. The molecule has 17 heavy (non-hydrogen) atoms. The largest absolute Gasteiger partial charge is 0.330 e. The summed E-state index contributed by atoms with van der Waals surface area (Å²) in [5, 5.41) is 4.38. The molecule has 1 saturated carbocycles. The third-order valence-electron chi connectivity index (χ3n) is 3.25. The molecule has 1 unspecified atom stereocenters. The van der Waals surface area contributed by atoms with Crippen LogP contribution in [0.4, 0.5) is 0 Å². The van der Waals surface area contributed by atoms with Gasteiger partial charge in [0.15, 0.2) is 0 Å². The molecule has 0 spiro atoms. The van der Waals surface area contributed by atoms with E-state index in [9.17, 15) is 0 Å². The van der Waals surface area contributed by atoms with Crippen molar-refractivity contribution in [1.29, 1.82) is 0 Å². The molecule has 2 fully saturated rings. The fraction of sp³-hybridized carbons (Fsp3) is 0.750. The molecule has 3 rings (SSSR count). The van der Waals surface area contributed by atoms with Crippen LogP contribution >= 0.6 is 23.5 Å². The average molecular weight is 269 g/mol. The van der Waals surface area contributed by atoms with Gasteiger partial charge in [0.05, 0.1) is 12.0 Å². The predicted molar refractivity (Wildman–Crippen MR) is 75.8 cm³/mol. The van der Waals surface area contributed by atoms with E-state index in [0.717, 1.165) is 24.4 Å². The predicted octanol–water partition coefficient (Wildman–Crippen LogP) is 2.16. The molecule has 0 aromatic carbocycles. The highest BCUT2D eigenvalue weighted by molar-refractivity contribution is 8.06. The monoisotopic (exact) mass is 269 g/mol. The summed E-state index contributed by atoms with van der Waals surface area (Å²) in [6.45, 7) is 2.10. The molecule has 3 nitrogen and oxygen atoms in total. The molecule has 1 saturated heterocycles. The SMILES string of the molecule is c1ncn(C2CC2)c1CNCC1CSCCS1. The number of hydrogen-bond donors (Lipinski definition) is 1. The van der Waals surface area contributed by atoms with Crippen LogP contribution in [0.25, 0.3) is 0 Å². The molecule has 0 bridgehead atoms. The lowest BCUT2D eigenvalue weighted by atomic mass is 10.4. The van der Waals surface area contributed by atoms with E-state index >= 15 is 0 Å². The average Bonchev–Trinajstić information content (AvgIpc) is 3.11. The van der Waals surface area contributed by atoms with Gasteiger partial charge >= 0.3 is 0 Å². The van der Waals surface area contributed by atoms with Crippen LogP contribution in [-0.4, -0.2) is 38.6 Å². The Hall–Kier alpha value is -0.130. The van der Waals surface area contributed by atoms with Crippen LogP contribution in [-0.2, 0) is 6.54 Å². The second-order valence-corrected chi connectivity index (χ2v) is 7.28. The van der Waals surface area contributed by atoms with Crippen molar-refractivity contribution in [2.45, 2.75) is 30.7 Å². The molecule has 1 aliphatic heterocycles. The Kier molecular flexibility index (Phi) is 3.98. The van der Waals surface area contributed by atoms with Gasteiger partial charge in [0.1, 0.15) is 0 Å². The van der Waals surface area contributed by atoms with Crippen molar-refractivity contribution in [3.8, 4) is 0 Å². The first-order chi connectivity index (χ1) is 8.43. The Morgan fingerprint density at radius 2 is 2.35 bits per heavy atom. The number of thioether (sulfide) groups is 2. The van der Waals surface area contributed by atoms with E-state index in [4.69, 9.17) is 0 Å². The van der Waals surface area contributed by atoms with Gasteiger partial charge in [-0.15, -0.1) is 0 Å². The molecular weight excluding hydrogens is 250 g/mol. The quantitative estimate of drug-likeness (QED) is 0.887. The summed E-state index contributed by atoms with van der Waals surface area (Å²) < 4.78 is 2.34. The molecule has 94 valence electrons. The van der Waals surface area contributed by atoms with Crippen LogP contribution in [0.3, 0.4) is 0 Å². The van der Waals surface area contributed by atoms with E-state index in [1.165, 1.54) is 35.8 Å². The van der Waals surface area contributed by atoms with Crippen molar-refractivity contribution >= 4 is 23.5 Å². The molecule has 2 aliphatic rings. The molecule has 1 aromatic heterocycles. The fourth-order valence-electron chi connectivity index (χ4n) is 2.17. The van der Waals surface area contributed by atoms with E-state index in [-0.39, 0.29) is 0 Å². The minimum atomic E-state index is 0.744. The van der Waals surface area contributed by atoms with E-state index in [0.29, 0.717) is 0 Å². The summed E-state index contributed by atoms with van der Waals surface area (Å²) in [6.07, 6.45) is 6.66. The first-order valence-electron chi connectivity index (χ1n) is 6.34. The molecular formula is C12H19N3S2. The molecule has 5 heteroatoms. The van der Waals surface area contributed by atoms with E-state index in [1.54, 1.807) is 0 Å². The maximum Gasteiger partial charge on any atom is 0.0951 e. The highest BCUT2D eigenvalue weighted by Gasteiger charge is 2.25. The summed E-state index contributed by atoms with van der Waals surface area (Å²) in [4.78, 5) is 4.26. The van der Waals surface area contributed by atoms with Gasteiger partial charge in [0, 0.05) is 47.8 Å². The molecule has 0 radical (unpaired) electrons. The zero-order chi connectivity index (χ0) is 11.5. The maximum absolute atomic E-state index is 4.26. The van der Waals surface area contributed by atoms with Gasteiger partial charge in [-0.05, 0) is 12.8 Å². The molecule has 1 N–H and O–H groups in total. The van der Waals surface area contributed by atoms with Gasteiger partial charge in [-0.2, -0.15) is 23.5 Å². The Balaban J connectivity index is 1.45. The summed E-state index contributed by atoms with van der Waals surface area (Å²) >= 11 is 4.21. The van der Waals surface area contributed by atoms with Crippen molar-refractivity contribution in [2.24, 2.45) is 0 Å². The van der Waals surface area contributed by atoms with Crippen molar-refractivity contribution in [1.82, 2.24) is 14.9 Å². The number of nitrogens with one attached hydrogen (secondary N) is 1. The Bertz CT molecular complexity index is 356. The van der Waals surface area contributed by atoms with Crippen LogP contribution in [0.15, 0.2) is 12.5 Å². The van der Waals surface area contributed by atoms with Crippen LogP contribution < -0.4 is 5.32 Å². The summed E-state index contributed by atoms with van der Waals surface area (Å²) in [6, 6.07) is 0.744. The Labute approximate surface area is 111 Å². The normalized spacial score (nSPS) is 25.1. The summed E-state index contributed by atoms with van der Waals surface area (Å²) in [5.74, 6) is 3.95. The lowest BCUT2D eigenvalue weighted by molar-refractivity contribution is 0.620. The van der Waals surface area contributed by atoms with Gasteiger partial charge in [-0.25, -0.2) is 4.98 Å². The highest BCUT2D eigenvalue weighted by atomic mass is 32.2. The zero-order valence-electron chi connectivity index (χ0n) is 9.97. The molecule has 1 aromatic rings. The third-order valence-corrected chi connectivity index (χ3v) is 6.09. The van der Waals surface area contributed by atoms with Gasteiger partial charge in [0.25, 0.3) is 0 Å². The first kappa shape index (κ1) is 11.9. The second-order valence-electron chi connectivity index (χ2n) is 4.72. The standard InChI is InChI=1S/C12H19N3S2/c1-2-10(1)15-9-14-6-11(15)5-13-7-12-8-16-3-4-17-12/h6,9-10,12-13H,1-5,7-8H2. The molecule has 1 aliphatic carbocycles. The number of rotatable bonds is 5. The van der Waals surface area contributed by atoms with Crippen LogP contribution in [0.2, 0.25) is 0 Å².